The molecule has 49 heavy (non-hydrogen) atoms. The lowest BCUT2D eigenvalue weighted by atomic mass is 9.66. The highest BCUT2D eigenvalue weighted by Gasteiger charge is 2.69. The Morgan fingerprint density at radius 1 is 0.939 bits per heavy atom. The quantitative estimate of drug-likeness (QED) is 0.127. The number of hydrogen-bond acceptors (Lipinski definition) is 7. The first kappa shape index (κ1) is 38.1. The van der Waals surface area contributed by atoms with Crippen LogP contribution in [0.2, 0.25) is 0 Å². The van der Waals surface area contributed by atoms with Crippen molar-refractivity contribution in [3.63, 3.8) is 0 Å². The average Bonchev–Trinajstić information content (AvgIpc) is 3.88. The van der Waals surface area contributed by atoms with E-state index in [-0.39, 0.29) is 66.2 Å². The molecule has 6 atom stereocenters. The minimum absolute atomic E-state index is 0.0181. The van der Waals surface area contributed by atoms with Crippen LogP contribution in [-0.4, -0.2) is 65.9 Å². The number of rotatable bonds is 16. The molecule has 2 saturated heterocycles. The number of nitrogens with zero attached hydrogens (tertiary/aromatic N) is 1. The van der Waals surface area contributed by atoms with Crippen molar-refractivity contribution in [1.29, 1.82) is 0 Å². The van der Waals surface area contributed by atoms with Gasteiger partial charge in [-0.1, -0.05) is 79.2 Å². The Kier molecular flexibility index (Phi) is 11.2. The Hall–Kier alpha value is -2.16. The van der Waals surface area contributed by atoms with Crippen molar-refractivity contribution < 1.29 is 32.4 Å². The van der Waals surface area contributed by atoms with E-state index in [0.29, 0.717) is 38.1 Å². The van der Waals surface area contributed by atoms with Gasteiger partial charge in [-0.3, -0.25) is 24.0 Å². The third kappa shape index (κ3) is 8.17. The molecule has 2 heterocycles. The Morgan fingerprint density at radius 2 is 1.61 bits per heavy atom. The van der Waals surface area contributed by atoms with E-state index in [2.05, 4.69) is 20.4 Å². The zero-order valence-corrected chi connectivity index (χ0v) is 31.6. The second-order valence-electron chi connectivity index (χ2n) is 18.2. The van der Waals surface area contributed by atoms with Gasteiger partial charge in [-0.15, -0.1) is 6.58 Å². The van der Waals surface area contributed by atoms with Gasteiger partial charge >= 0.3 is 0 Å². The molecule has 0 aromatic rings. The SMILES string of the molecule is C=CCCC(=O)C(=O)[C@@H](CC(=O)[C@@H]1C2C(CN1C(=O)[C@@H](CC(=O)CC1([C@H]3CCCCS3(=O)=O)CCCCC1)C(C)(C)C)C2(C)C)CC1CC1. The summed E-state index contributed by atoms with van der Waals surface area (Å²) in [7, 11) is -3.29. The summed E-state index contributed by atoms with van der Waals surface area (Å²) >= 11 is 0. The van der Waals surface area contributed by atoms with Gasteiger partial charge in [0.25, 0.3) is 0 Å². The first-order valence-corrected chi connectivity index (χ1v) is 20.9. The molecule has 3 saturated carbocycles. The van der Waals surface area contributed by atoms with Gasteiger partial charge in [-0.25, -0.2) is 8.42 Å². The molecular weight excluding hydrogens is 639 g/mol. The Balaban J connectivity index is 1.35. The Morgan fingerprint density at radius 3 is 2.20 bits per heavy atom. The van der Waals surface area contributed by atoms with Crippen LogP contribution in [0.3, 0.4) is 0 Å². The lowest BCUT2D eigenvalue weighted by Crippen LogP contribution is -2.51. The van der Waals surface area contributed by atoms with Crippen molar-refractivity contribution in [3.05, 3.63) is 12.7 Å². The molecule has 0 spiro atoms. The maximum atomic E-state index is 14.6. The van der Waals surface area contributed by atoms with Crippen molar-refractivity contribution >= 4 is 38.9 Å². The minimum Gasteiger partial charge on any atom is -0.332 e. The van der Waals surface area contributed by atoms with Crippen LogP contribution >= 0.6 is 0 Å². The number of fused-ring (bicyclic) bond motifs is 1. The number of ketones is 4. The maximum absolute atomic E-state index is 14.6. The molecule has 9 heteroatoms. The lowest BCUT2D eigenvalue weighted by molar-refractivity contribution is -0.148. The first-order chi connectivity index (χ1) is 22.9. The van der Waals surface area contributed by atoms with Crippen LogP contribution in [0.5, 0.6) is 0 Å². The third-order valence-electron chi connectivity index (χ3n) is 13.2. The molecule has 5 rings (SSSR count). The number of carbonyl (C=O) groups excluding carboxylic acids is 5. The average molecular weight is 700 g/mol. The molecule has 274 valence electrons. The number of hydrogen-bond donors (Lipinski definition) is 0. The maximum Gasteiger partial charge on any atom is 0.227 e. The molecule has 0 aromatic carbocycles. The number of allylic oxidation sites excluding steroid dienone is 1. The van der Waals surface area contributed by atoms with E-state index in [9.17, 15) is 32.4 Å². The molecule has 0 N–H and O–H groups in total. The number of Topliss-reactive ketones (excluding diaryl/α,β-unsaturated/α-hetero) is 4. The number of likely N-dealkylation sites (tertiary alicyclic amines) is 1. The second-order valence-corrected chi connectivity index (χ2v) is 20.5. The molecule has 3 aliphatic carbocycles. The van der Waals surface area contributed by atoms with E-state index >= 15 is 0 Å². The molecule has 0 radical (unpaired) electrons. The lowest BCUT2D eigenvalue weighted by Gasteiger charge is -2.45. The molecule has 0 bridgehead atoms. The molecule has 5 aliphatic rings. The monoisotopic (exact) mass is 699 g/mol. The fraction of sp³-hybridized carbons (Fsp3) is 0.825. The van der Waals surface area contributed by atoms with Crippen molar-refractivity contribution in [2.75, 3.05) is 12.3 Å². The zero-order valence-electron chi connectivity index (χ0n) is 30.8. The van der Waals surface area contributed by atoms with Crippen LogP contribution in [0.4, 0.5) is 0 Å². The number of piperidine rings is 1. The second kappa shape index (κ2) is 14.5. The van der Waals surface area contributed by atoms with E-state index < -0.39 is 55.4 Å². The molecule has 8 nitrogen and oxygen atoms in total. The van der Waals surface area contributed by atoms with Crippen molar-refractivity contribution in [1.82, 2.24) is 4.90 Å². The normalized spacial score (nSPS) is 29.7. The van der Waals surface area contributed by atoms with E-state index in [1.165, 1.54) is 0 Å². The minimum atomic E-state index is -3.29. The van der Waals surface area contributed by atoms with Crippen LogP contribution in [0, 0.1) is 45.8 Å². The fourth-order valence-corrected chi connectivity index (χ4v) is 12.5. The molecule has 5 fully saturated rings. The van der Waals surface area contributed by atoms with E-state index in [4.69, 9.17) is 0 Å². The standard InChI is InChI=1S/C40H61NO7S/c1-7-8-14-31(43)36(45)27(21-26-16-17-26)22-32(44)35-34-30(39(34,5)6)25-41(35)37(46)29(38(2,3)4)23-28(42)24-40(18-11-9-12-19-40)33-15-10-13-20-49(33,47)48/h7,26-27,29-30,33-35H,1,8-25H2,2-6H3/t27-,29-,30?,33-,34?,35-/m1/s1. The number of amides is 1. The highest BCUT2D eigenvalue weighted by atomic mass is 32.2. The van der Waals surface area contributed by atoms with Gasteiger partial charge in [0.05, 0.1) is 17.0 Å². The van der Waals surface area contributed by atoms with Crippen LogP contribution in [0.15, 0.2) is 12.7 Å². The van der Waals surface area contributed by atoms with E-state index in [1.807, 2.05) is 20.8 Å². The van der Waals surface area contributed by atoms with Crippen LogP contribution in [-0.2, 0) is 33.8 Å². The van der Waals surface area contributed by atoms with Gasteiger partial charge in [0.15, 0.2) is 21.4 Å². The summed E-state index contributed by atoms with van der Waals surface area (Å²) in [6.45, 7) is 14.2. The summed E-state index contributed by atoms with van der Waals surface area (Å²) < 4.78 is 26.7. The Bertz CT molecular complexity index is 1430. The summed E-state index contributed by atoms with van der Waals surface area (Å²) in [6, 6.07) is -0.678. The smallest absolute Gasteiger partial charge is 0.227 e. The summed E-state index contributed by atoms with van der Waals surface area (Å²) in [5, 5.41) is -0.494. The van der Waals surface area contributed by atoms with Crippen LogP contribution in [0.25, 0.3) is 0 Å². The largest absolute Gasteiger partial charge is 0.332 e. The summed E-state index contributed by atoms with van der Waals surface area (Å²) in [4.78, 5) is 70.8. The Labute approximate surface area is 294 Å². The highest BCUT2D eigenvalue weighted by molar-refractivity contribution is 7.92. The molecular formula is C40H61NO7S. The van der Waals surface area contributed by atoms with Gasteiger partial charge in [0, 0.05) is 44.1 Å². The van der Waals surface area contributed by atoms with Crippen LogP contribution < -0.4 is 0 Å². The first-order valence-electron chi connectivity index (χ1n) is 19.2. The molecule has 0 aromatic heterocycles. The molecule has 2 aliphatic heterocycles. The number of carbonyl (C=O) groups is 5. The third-order valence-corrected chi connectivity index (χ3v) is 15.7. The molecule has 2 unspecified atom stereocenters. The fourth-order valence-electron chi connectivity index (χ4n) is 10.0. The predicted molar refractivity (Wildman–Crippen MR) is 190 cm³/mol. The topological polar surface area (TPSA) is 123 Å². The van der Waals surface area contributed by atoms with Gasteiger partial charge in [-0.2, -0.15) is 0 Å². The summed E-state index contributed by atoms with van der Waals surface area (Å²) in [5.41, 5.74) is -1.25. The predicted octanol–water partition coefficient (Wildman–Crippen LogP) is 6.88. The van der Waals surface area contributed by atoms with Crippen molar-refractivity contribution in [3.8, 4) is 0 Å². The number of sulfone groups is 1. The van der Waals surface area contributed by atoms with Gasteiger partial charge in [0.2, 0.25) is 11.7 Å². The van der Waals surface area contributed by atoms with Crippen LogP contribution in [0.1, 0.15) is 137 Å². The van der Waals surface area contributed by atoms with Crippen molar-refractivity contribution in [2.24, 2.45) is 45.8 Å². The zero-order chi connectivity index (χ0) is 35.9. The van der Waals surface area contributed by atoms with E-state index in [1.54, 1.807) is 11.0 Å². The van der Waals surface area contributed by atoms with Crippen molar-refractivity contribution in [2.45, 2.75) is 149 Å². The summed E-state index contributed by atoms with van der Waals surface area (Å²) in [6.07, 6.45) is 11.3. The van der Waals surface area contributed by atoms with Gasteiger partial charge < -0.3 is 4.90 Å². The van der Waals surface area contributed by atoms with Gasteiger partial charge in [-0.05, 0) is 72.5 Å². The summed E-state index contributed by atoms with van der Waals surface area (Å²) in [5.74, 6) is -1.97. The highest BCUT2D eigenvalue weighted by Crippen LogP contribution is 2.65. The van der Waals surface area contributed by atoms with Gasteiger partial charge in [0.1, 0.15) is 5.78 Å². The molecule has 1 amide bonds. The van der Waals surface area contributed by atoms with E-state index in [0.717, 1.165) is 51.4 Å².